The summed E-state index contributed by atoms with van der Waals surface area (Å²) >= 11 is 0. The number of aromatic amines is 1. The van der Waals surface area contributed by atoms with Crippen molar-refractivity contribution in [3.63, 3.8) is 0 Å². The molecule has 1 aliphatic rings. The number of fused-ring (bicyclic) bond motifs is 1. The summed E-state index contributed by atoms with van der Waals surface area (Å²) in [7, 11) is 0. The second-order valence-electron chi connectivity index (χ2n) is 11.3. The summed E-state index contributed by atoms with van der Waals surface area (Å²) in [5.74, 6) is -4.33. The summed E-state index contributed by atoms with van der Waals surface area (Å²) in [6.45, 7) is 5.60. The molecule has 0 radical (unpaired) electrons. The first-order valence-electron chi connectivity index (χ1n) is 13.5. The predicted molar refractivity (Wildman–Crippen MR) is 150 cm³/mol. The average Bonchev–Trinajstić information content (AvgIpc) is 3.52. The van der Waals surface area contributed by atoms with Crippen LogP contribution in [0.5, 0.6) is 0 Å². The molecule has 0 bridgehead atoms. The van der Waals surface area contributed by atoms with E-state index >= 15 is 0 Å². The van der Waals surface area contributed by atoms with Gasteiger partial charge in [0.25, 0.3) is 11.8 Å². The van der Waals surface area contributed by atoms with E-state index in [0.29, 0.717) is 23.9 Å². The van der Waals surface area contributed by atoms with Gasteiger partial charge in [-0.3, -0.25) is 24.0 Å². The smallest absolute Gasteiger partial charge is 0.290 e. The average molecular weight is 564 g/mol. The van der Waals surface area contributed by atoms with Crippen molar-refractivity contribution in [2.75, 3.05) is 6.54 Å². The Bertz CT molecular complexity index is 1460. The van der Waals surface area contributed by atoms with E-state index in [9.17, 15) is 28.4 Å². The minimum atomic E-state index is -1.29. The summed E-state index contributed by atoms with van der Waals surface area (Å²) in [4.78, 5) is 68.0. The lowest BCUT2D eigenvalue weighted by molar-refractivity contribution is -0.141. The van der Waals surface area contributed by atoms with E-state index in [1.807, 2.05) is 6.07 Å². The Morgan fingerprint density at radius 3 is 2.39 bits per heavy atom. The molecule has 41 heavy (non-hydrogen) atoms. The molecule has 1 aliphatic heterocycles. The maximum Gasteiger partial charge on any atom is 0.290 e. The molecule has 3 aromatic rings. The molecular weight excluding hydrogens is 529 g/mol. The molecule has 4 amide bonds. The SMILES string of the molecule is CC(C)(C)NC(=O)C(=O)C(C[C@@H]1CCNC1=O)NC(=O)[C@H](Cc1ccccc1)NC(=O)c1cc2ccc(F)cc2[nH]1. The number of carbonyl (C=O) groups is 5. The molecule has 11 heteroatoms. The number of Topliss-reactive ketones (excluding diaryl/α,β-unsaturated/α-hetero) is 1. The number of benzene rings is 2. The molecule has 2 aromatic carbocycles. The molecule has 4 rings (SSSR count). The Morgan fingerprint density at radius 1 is 1.00 bits per heavy atom. The summed E-state index contributed by atoms with van der Waals surface area (Å²) in [6.07, 6.45) is 0.490. The summed E-state index contributed by atoms with van der Waals surface area (Å²) < 4.78 is 13.7. The standard InChI is InChI=1S/C30H34FN5O5/c1-30(2,3)36-29(41)25(37)22(15-19-11-12-32-26(19)38)34-27(39)23(13-17-7-5-4-6-8-17)35-28(40)24-14-18-9-10-20(31)16-21(18)33-24/h4-10,14,16,19,22-23,33H,11-13,15H2,1-3H3,(H,32,38)(H,34,39)(H,35,40)(H,36,41)/t19-,22?,23-/m0/s1. The normalized spacial score (nSPS) is 16.5. The Morgan fingerprint density at radius 2 is 1.73 bits per heavy atom. The van der Waals surface area contributed by atoms with Crippen LogP contribution in [0.3, 0.4) is 0 Å². The first-order valence-corrected chi connectivity index (χ1v) is 13.5. The van der Waals surface area contributed by atoms with Gasteiger partial charge >= 0.3 is 0 Å². The molecule has 0 saturated carbocycles. The molecule has 216 valence electrons. The number of aromatic nitrogens is 1. The molecule has 0 aliphatic carbocycles. The molecule has 1 aromatic heterocycles. The number of ketones is 1. The third-order valence-corrected chi connectivity index (χ3v) is 6.76. The van der Waals surface area contributed by atoms with E-state index in [1.165, 1.54) is 18.2 Å². The summed E-state index contributed by atoms with van der Waals surface area (Å²) in [6, 6.07) is 12.2. The molecule has 1 saturated heterocycles. The highest BCUT2D eigenvalue weighted by Gasteiger charge is 2.36. The van der Waals surface area contributed by atoms with E-state index in [-0.39, 0.29) is 24.4 Å². The van der Waals surface area contributed by atoms with Gasteiger partial charge in [0.1, 0.15) is 17.6 Å². The monoisotopic (exact) mass is 563 g/mol. The number of hydrogen-bond donors (Lipinski definition) is 5. The number of hydrogen-bond acceptors (Lipinski definition) is 5. The molecule has 10 nitrogen and oxygen atoms in total. The van der Waals surface area contributed by atoms with Crippen molar-refractivity contribution in [3.8, 4) is 0 Å². The second kappa shape index (κ2) is 12.3. The summed E-state index contributed by atoms with van der Waals surface area (Å²) in [5, 5.41) is 11.3. The van der Waals surface area contributed by atoms with Crippen LogP contribution in [-0.4, -0.2) is 58.6 Å². The van der Waals surface area contributed by atoms with Crippen molar-refractivity contribution in [1.82, 2.24) is 26.3 Å². The predicted octanol–water partition coefficient (Wildman–Crippen LogP) is 2.14. The molecule has 3 atom stereocenters. The van der Waals surface area contributed by atoms with Crippen LogP contribution in [-0.2, 0) is 25.6 Å². The number of H-pyrrole nitrogens is 1. The molecule has 0 spiro atoms. The van der Waals surface area contributed by atoms with Crippen molar-refractivity contribution >= 4 is 40.3 Å². The van der Waals surface area contributed by atoms with Crippen LogP contribution in [0, 0.1) is 11.7 Å². The molecule has 5 N–H and O–H groups in total. The van der Waals surface area contributed by atoms with Gasteiger partial charge in [0.2, 0.25) is 17.6 Å². The topological polar surface area (TPSA) is 149 Å². The van der Waals surface area contributed by atoms with Crippen LogP contribution >= 0.6 is 0 Å². The molecule has 1 unspecified atom stereocenters. The van der Waals surface area contributed by atoms with Gasteiger partial charge in [-0.15, -0.1) is 0 Å². The van der Waals surface area contributed by atoms with Gasteiger partial charge < -0.3 is 26.3 Å². The zero-order valence-electron chi connectivity index (χ0n) is 23.2. The van der Waals surface area contributed by atoms with Crippen molar-refractivity contribution in [2.45, 2.75) is 57.7 Å². The van der Waals surface area contributed by atoms with Crippen molar-refractivity contribution in [1.29, 1.82) is 0 Å². The fraction of sp³-hybridized carbons (Fsp3) is 0.367. The van der Waals surface area contributed by atoms with Crippen LogP contribution in [0.1, 0.15) is 49.7 Å². The van der Waals surface area contributed by atoms with E-state index in [4.69, 9.17) is 0 Å². The zero-order valence-corrected chi connectivity index (χ0v) is 23.2. The Kier molecular flexibility index (Phi) is 8.85. The highest BCUT2D eigenvalue weighted by atomic mass is 19.1. The number of amides is 4. The lowest BCUT2D eigenvalue weighted by Gasteiger charge is -2.26. The van der Waals surface area contributed by atoms with Gasteiger partial charge in [-0.2, -0.15) is 0 Å². The quantitative estimate of drug-likeness (QED) is 0.240. The first kappa shape index (κ1) is 29.4. The lowest BCUT2D eigenvalue weighted by Crippen LogP contribution is -2.56. The third-order valence-electron chi connectivity index (χ3n) is 6.76. The van der Waals surface area contributed by atoms with E-state index in [2.05, 4.69) is 26.3 Å². The van der Waals surface area contributed by atoms with Gasteiger partial charge in [0.05, 0.1) is 6.04 Å². The van der Waals surface area contributed by atoms with Gasteiger partial charge in [-0.25, -0.2) is 4.39 Å². The Labute approximate surface area is 236 Å². The van der Waals surface area contributed by atoms with Crippen LogP contribution in [0.4, 0.5) is 4.39 Å². The van der Waals surface area contributed by atoms with Gasteiger partial charge in [0.15, 0.2) is 0 Å². The second-order valence-corrected chi connectivity index (χ2v) is 11.3. The van der Waals surface area contributed by atoms with E-state index in [0.717, 1.165) is 5.56 Å². The van der Waals surface area contributed by atoms with Crippen molar-refractivity contribution in [2.24, 2.45) is 5.92 Å². The first-order chi connectivity index (χ1) is 19.4. The molecule has 2 heterocycles. The maximum absolute atomic E-state index is 13.7. The number of rotatable bonds is 10. The van der Waals surface area contributed by atoms with Gasteiger partial charge in [-0.05, 0) is 63.4 Å². The van der Waals surface area contributed by atoms with Gasteiger partial charge in [-0.1, -0.05) is 30.3 Å². The minimum absolute atomic E-state index is 0.0619. The Balaban J connectivity index is 1.58. The minimum Gasteiger partial charge on any atom is -0.356 e. The lowest BCUT2D eigenvalue weighted by atomic mass is 9.94. The van der Waals surface area contributed by atoms with Crippen LogP contribution in [0.25, 0.3) is 10.9 Å². The van der Waals surface area contributed by atoms with Crippen LogP contribution in [0.15, 0.2) is 54.6 Å². The fourth-order valence-electron chi connectivity index (χ4n) is 4.74. The van der Waals surface area contributed by atoms with Crippen molar-refractivity contribution < 1.29 is 28.4 Å². The number of carbonyl (C=O) groups excluding carboxylic acids is 5. The fourth-order valence-corrected chi connectivity index (χ4v) is 4.74. The number of nitrogens with one attached hydrogen (secondary N) is 5. The zero-order chi connectivity index (χ0) is 29.7. The maximum atomic E-state index is 13.7. The van der Waals surface area contributed by atoms with Crippen LogP contribution in [0.2, 0.25) is 0 Å². The largest absolute Gasteiger partial charge is 0.356 e. The highest BCUT2D eigenvalue weighted by molar-refractivity contribution is 6.38. The number of halogens is 1. The van der Waals surface area contributed by atoms with Crippen LogP contribution < -0.4 is 21.3 Å². The molecular formula is C30H34FN5O5. The Hall–Kier alpha value is -4.54. The van der Waals surface area contributed by atoms with Crippen molar-refractivity contribution in [3.05, 3.63) is 71.7 Å². The summed E-state index contributed by atoms with van der Waals surface area (Å²) in [5.41, 5.74) is 0.592. The third kappa shape index (κ3) is 7.77. The molecule has 1 fully saturated rings. The van der Waals surface area contributed by atoms with E-state index in [1.54, 1.807) is 51.1 Å². The highest BCUT2D eigenvalue weighted by Crippen LogP contribution is 2.19. The van der Waals surface area contributed by atoms with Gasteiger partial charge in [0, 0.05) is 35.3 Å². The van der Waals surface area contributed by atoms with E-state index < -0.39 is 52.9 Å².